The summed E-state index contributed by atoms with van der Waals surface area (Å²) in [6.07, 6.45) is 7.40. The number of rotatable bonds is 4. The normalized spacial score (nSPS) is 31.5. The third kappa shape index (κ3) is 5.18. The molecule has 0 spiro atoms. The molecule has 1 amide bonds. The molecule has 176 valence electrons. The molecule has 1 saturated heterocycles. The van der Waals surface area contributed by atoms with Crippen molar-refractivity contribution in [1.29, 1.82) is 0 Å². The molecule has 0 radical (unpaired) electrons. The van der Waals surface area contributed by atoms with Crippen LogP contribution in [0.3, 0.4) is 0 Å². The van der Waals surface area contributed by atoms with Gasteiger partial charge < -0.3 is 19.5 Å². The molecule has 1 N–H and O–H groups in total. The van der Waals surface area contributed by atoms with Crippen LogP contribution in [0.15, 0.2) is 18.2 Å². The molecule has 2 fully saturated rings. The molecule has 0 aromatic heterocycles. The van der Waals surface area contributed by atoms with Crippen LogP contribution in [0, 0.1) is 12.8 Å². The van der Waals surface area contributed by atoms with Crippen molar-refractivity contribution < 1.29 is 23.8 Å². The minimum atomic E-state index is -0.563. The van der Waals surface area contributed by atoms with Crippen LogP contribution in [-0.4, -0.2) is 49.8 Å². The standard InChI is InChI=1S/C26H37NO5/c1-3-4-12-26(17-30-16-24(29)27-26)20-13-21(28)15-32-23-7-5-6-18(2)25(23)19-8-10-22(11-9-19)31-14-20/h5-7,19-20,22H,3-4,8-17H2,1-2H3,(H,27,29)/t19-,20-,22+,26+/m1/s1. The zero-order valence-electron chi connectivity index (χ0n) is 19.5. The van der Waals surface area contributed by atoms with E-state index in [4.69, 9.17) is 14.2 Å². The van der Waals surface area contributed by atoms with Gasteiger partial charge >= 0.3 is 0 Å². The number of unbranched alkanes of at least 4 members (excludes halogenated alkanes) is 1. The van der Waals surface area contributed by atoms with Gasteiger partial charge in [0.15, 0.2) is 5.78 Å². The van der Waals surface area contributed by atoms with E-state index in [1.165, 1.54) is 11.1 Å². The van der Waals surface area contributed by atoms with E-state index in [1.54, 1.807) is 0 Å². The third-order valence-electron chi connectivity index (χ3n) is 7.50. The molecule has 32 heavy (non-hydrogen) atoms. The van der Waals surface area contributed by atoms with Crippen LogP contribution in [0.4, 0.5) is 0 Å². The number of aryl methyl sites for hydroxylation is 1. The molecule has 1 aromatic rings. The Hall–Kier alpha value is -1.92. The molecule has 0 unspecified atom stereocenters. The van der Waals surface area contributed by atoms with E-state index in [9.17, 15) is 9.59 Å². The summed E-state index contributed by atoms with van der Waals surface area (Å²) in [7, 11) is 0. The molecule has 4 aliphatic rings. The van der Waals surface area contributed by atoms with Gasteiger partial charge in [0.2, 0.25) is 5.91 Å². The van der Waals surface area contributed by atoms with Crippen molar-refractivity contribution in [3.63, 3.8) is 0 Å². The fraction of sp³-hybridized carbons (Fsp3) is 0.692. The van der Waals surface area contributed by atoms with E-state index < -0.39 is 5.54 Å². The Kier molecular flexibility index (Phi) is 7.51. The first-order chi connectivity index (χ1) is 15.5. The molecule has 2 atom stereocenters. The Morgan fingerprint density at radius 1 is 1.12 bits per heavy atom. The lowest BCUT2D eigenvalue weighted by molar-refractivity contribution is -0.142. The van der Waals surface area contributed by atoms with Gasteiger partial charge in [-0.15, -0.1) is 0 Å². The number of benzene rings is 1. The van der Waals surface area contributed by atoms with E-state index in [-0.39, 0.29) is 36.9 Å². The summed E-state index contributed by atoms with van der Waals surface area (Å²) >= 11 is 0. The third-order valence-corrected chi connectivity index (χ3v) is 7.50. The number of carbonyl (C=O) groups is 2. The number of ketones is 1. The Balaban J connectivity index is 1.60. The van der Waals surface area contributed by atoms with E-state index in [0.717, 1.165) is 50.7 Å². The summed E-state index contributed by atoms with van der Waals surface area (Å²) in [5.41, 5.74) is 1.92. The second kappa shape index (κ2) is 10.3. The molecule has 1 saturated carbocycles. The number of hydrogen-bond acceptors (Lipinski definition) is 5. The van der Waals surface area contributed by atoms with Crippen LogP contribution in [0.25, 0.3) is 0 Å². The Morgan fingerprint density at radius 2 is 1.94 bits per heavy atom. The first-order valence-electron chi connectivity index (χ1n) is 12.2. The molecular formula is C26H37NO5. The Labute approximate surface area is 191 Å². The number of morpholine rings is 1. The zero-order chi connectivity index (χ0) is 22.6. The first-order valence-corrected chi connectivity index (χ1v) is 12.2. The molecule has 1 aliphatic carbocycles. The van der Waals surface area contributed by atoms with Gasteiger partial charge in [0, 0.05) is 17.9 Å². The second-order valence-electron chi connectivity index (χ2n) is 9.82. The Bertz CT molecular complexity index is 816. The van der Waals surface area contributed by atoms with Crippen molar-refractivity contribution in [1.82, 2.24) is 5.32 Å². The maximum Gasteiger partial charge on any atom is 0.246 e. The maximum absolute atomic E-state index is 13.1. The number of hydrogen-bond donors (Lipinski definition) is 1. The summed E-state index contributed by atoms with van der Waals surface area (Å²) in [6.45, 7) is 5.28. The Morgan fingerprint density at radius 3 is 2.69 bits per heavy atom. The fourth-order valence-electron chi connectivity index (χ4n) is 5.71. The molecule has 2 bridgehead atoms. The van der Waals surface area contributed by atoms with E-state index in [2.05, 4.69) is 25.2 Å². The van der Waals surface area contributed by atoms with Crippen LogP contribution >= 0.6 is 0 Å². The van der Waals surface area contributed by atoms with Gasteiger partial charge in [0.1, 0.15) is 19.0 Å². The number of carbonyl (C=O) groups excluding carboxylic acids is 2. The number of Topliss-reactive ketones (excluding diaryl/α,β-unsaturated/α-hetero) is 1. The summed E-state index contributed by atoms with van der Waals surface area (Å²) in [5.74, 6) is 1.08. The molecule has 3 heterocycles. The van der Waals surface area contributed by atoms with Crippen LogP contribution in [0.5, 0.6) is 5.75 Å². The molecular weight excluding hydrogens is 406 g/mol. The van der Waals surface area contributed by atoms with Crippen molar-refractivity contribution in [3.8, 4) is 5.75 Å². The number of nitrogens with one attached hydrogen (secondary N) is 1. The van der Waals surface area contributed by atoms with Gasteiger partial charge in [-0.05, 0) is 56.6 Å². The molecule has 3 aliphatic heterocycles. The highest BCUT2D eigenvalue weighted by molar-refractivity contribution is 5.81. The number of ether oxygens (including phenoxy) is 3. The van der Waals surface area contributed by atoms with E-state index in [0.29, 0.717) is 25.6 Å². The molecule has 6 heteroatoms. The average molecular weight is 444 g/mol. The molecule has 6 nitrogen and oxygen atoms in total. The van der Waals surface area contributed by atoms with Gasteiger partial charge in [-0.25, -0.2) is 0 Å². The van der Waals surface area contributed by atoms with Gasteiger partial charge in [-0.3, -0.25) is 9.59 Å². The van der Waals surface area contributed by atoms with E-state index in [1.807, 2.05) is 12.1 Å². The van der Waals surface area contributed by atoms with Crippen LogP contribution in [-0.2, 0) is 19.1 Å². The van der Waals surface area contributed by atoms with Crippen LogP contribution in [0.1, 0.15) is 75.3 Å². The lowest BCUT2D eigenvalue weighted by Crippen LogP contribution is -2.62. The quantitative estimate of drug-likeness (QED) is 0.759. The highest BCUT2D eigenvalue weighted by Gasteiger charge is 2.44. The predicted molar refractivity (Wildman–Crippen MR) is 122 cm³/mol. The highest BCUT2D eigenvalue weighted by Crippen LogP contribution is 2.41. The lowest BCUT2D eigenvalue weighted by Gasteiger charge is -2.44. The number of fused-ring (bicyclic) bond motifs is 8. The summed E-state index contributed by atoms with van der Waals surface area (Å²) in [5, 5.41) is 3.21. The second-order valence-corrected chi connectivity index (χ2v) is 9.82. The topological polar surface area (TPSA) is 73.9 Å². The van der Waals surface area contributed by atoms with Crippen molar-refractivity contribution in [2.24, 2.45) is 5.92 Å². The zero-order valence-corrected chi connectivity index (χ0v) is 19.5. The predicted octanol–water partition coefficient (Wildman–Crippen LogP) is 4.08. The molecule has 5 rings (SSSR count). The smallest absolute Gasteiger partial charge is 0.246 e. The summed E-state index contributed by atoms with van der Waals surface area (Å²) < 4.78 is 18.2. The molecule has 1 aromatic carbocycles. The van der Waals surface area contributed by atoms with E-state index >= 15 is 0 Å². The van der Waals surface area contributed by atoms with Crippen molar-refractivity contribution in [2.75, 3.05) is 26.4 Å². The van der Waals surface area contributed by atoms with Gasteiger partial charge in [0.05, 0.1) is 24.9 Å². The van der Waals surface area contributed by atoms with Crippen molar-refractivity contribution >= 4 is 11.7 Å². The summed E-state index contributed by atoms with van der Waals surface area (Å²) in [4.78, 5) is 25.4. The van der Waals surface area contributed by atoms with Gasteiger partial charge in [0.25, 0.3) is 0 Å². The maximum atomic E-state index is 13.1. The number of amides is 1. The van der Waals surface area contributed by atoms with Gasteiger partial charge in [-0.1, -0.05) is 31.9 Å². The SMILES string of the molecule is CCCC[C@@]1([C@H]2CO[C@H]3CC[C@H](CC3)c3c(C)cccc3OCC(=O)C2)COCC(=O)N1. The largest absolute Gasteiger partial charge is 0.486 e. The summed E-state index contributed by atoms with van der Waals surface area (Å²) in [6, 6.07) is 6.13. The average Bonchev–Trinajstić information content (AvgIpc) is 2.81. The van der Waals surface area contributed by atoms with Crippen LogP contribution in [0.2, 0.25) is 0 Å². The van der Waals surface area contributed by atoms with Crippen molar-refractivity contribution in [2.45, 2.75) is 82.8 Å². The van der Waals surface area contributed by atoms with Crippen LogP contribution < -0.4 is 10.1 Å². The minimum absolute atomic E-state index is 0.0355. The highest BCUT2D eigenvalue weighted by atomic mass is 16.5. The lowest BCUT2D eigenvalue weighted by atomic mass is 9.77. The first kappa shape index (κ1) is 23.2. The van der Waals surface area contributed by atoms with Gasteiger partial charge in [-0.2, -0.15) is 0 Å². The fourth-order valence-corrected chi connectivity index (χ4v) is 5.71. The van der Waals surface area contributed by atoms with Crippen molar-refractivity contribution in [3.05, 3.63) is 29.3 Å². The minimum Gasteiger partial charge on any atom is -0.486 e. The monoisotopic (exact) mass is 443 g/mol.